The van der Waals surface area contributed by atoms with Gasteiger partial charge in [-0.05, 0) is 39.5 Å². The van der Waals surface area contributed by atoms with Gasteiger partial charge >= 0.3 is 5.97 Å². The molecule has 2 aromatic rings. The quantitative estimate of drug-likeness (QED) is 0.871. The Kier molecular flexibility index (Phi) is 4.46. The molecule has 106 valence electrons. The predicted octanol–water partition coefficient (Wildman–Crippen LogP) is 2.79. The van der Waals surface area contributed by atoms with Crippen LogP contribution in [0.2, 0.25) is 0 Å². The topological polar surface area (TPSA) is 74.7 Å². The molecule has 1 heterocycles. The number of hydrogen-bond acceptors (Lipinski definition) is 4. The minimum absolute atomic E-state index is 0.106. The lowest BCUT2D eigenvalue weighted by molar-refractivity contribution is -0.135. The summed E-state index contributed by atoms with van der Waals surface area (Å²) >= 11 is 4.29. The predicted molar refractivity (Wildman–Crippen MR) is 80.6 cm³/mol. The Balaban J connectivity index is 2.55. The molecular weight excluding hydrogens is 366 g/mol. The lowest BCUT2D eigenvalue weighted by atomic mass is 10.3. The van der Waals surface area contributed by atoms with Crippen molar-refractivity contribution in [2.75, 3.05) is 10.8 Å². The minimum atomic E-state index is -3.89. The molecule has 0 aliphatic rings. The molecule has 0 spiro atoms. The lowest BCUT2D eigenvalue weighted by Crippen LogP contribution is -2.35. The molecule has 1 aromatic carbocycles. The van der Waals surface area contributed by atoms with Crippen molar-refractivity contribution < 1.29 is 18.3 Å². The normalized spacial score (nSPS) is 11.2. The number of carboxylic acids is 1. The zero-order chi connectivity index (χ0) is 14.8. The van der Waals surface area contributed by atoms with Gasteiger partial charge in [-0.2, -0.15) is 0 Å². The van der Waals surface area contributed by atoms with Crippen molar-refractivity contribution in [2.24, 2.45) is 0 Å². The Labute approximate surface area is 128 Å². The minimum Gasteiger partial charge on any atom is -0.480 e. The van der Waals surface area contributed by atoms with Gasteiger partial charge in [0.05, 0.1) is 5.69 Å². The van der Waals surface area contributed by atoms with Crippen LogP contribution in [0.15, 0.2) is 50.5 Å². The van der Waals surface area contributed by atoms with Gasteiger partial charge < -0.3 is 5.11 Å². The summed E-state index contributed by atoms with van der Waals surface area (Å²) in [7, 11) is -3.89. The summed E-state index contributed by atoms with van der Waals surface area (Å²) in [6.07, 6.45) is 0. The number of aliphatic carboxylic acids is 1. The van der Waals surface area contributed by atoms with Crippen LogP contribution in [-0.4, -0.2) is 26.0 Å². The number of carboxylic acid groups (broad SMARTS) is 1. The van der Waals surface area contributed by atoms with E-state index in [2.05, 4.69) is 15.9 Å². The second kappa shape index (κ2) is 5.94. The van der Waals surface area contributed by atoms with E-state index in [1.54, 1.807) is 35.7 Å². The summed E-state index contributed by atoms with van der Waals surface area (Å²) < 4.78 is 26.6. The second-order valence-electron chi connectivity index (χ2n) is 3.79. The van der Waals surface area contributed by atoms with E-state index in [0.29, 0.717) is 10.2 Å². The molecule has 8 heteroatoms. The van der Waals surface area contributed by atoms with Crippen LogP contribution in [0.3, 0.4) is 0 Å². The van der Waals surface area contributed by atoms with Crippen LogP contribution in [0.1, 0.15) is 0 Å². The van der Waals surface area contributed by atoms with Crippen LogP contribution in [-0.2, 0) is 14.8 Å². The van der Waals surface area contributed by atoms with Crippen molar-refractivity contribution in [1.82, 2.24) is 0 Å². The first-order valence-electron chi connectivity index (χ1n) is 5.45. The highest BCUT2D eigenvalue weighted by Gasteiger charge is 2.29. The van der Waals surface area contributed by atoms with Crippen LogP contribution in [0.5, 0.6) is 0 Å². The molecule has 0 radical (unpaired) electrons. The maximum atomic E-state index is 12.5. The molecule has 0 aliphatic carbocycles. The SMILES string of the molecule is O=C(O)CN(c1ccccc1Br)S(=O)(=O)c1cccs1. The molecule has 1 aromatic heterocycles. The third-order valence-corrected chi connectivity index (χ3v) is 6.24. The second-order valence-corrected chi connectivity index (χ2v) is 7.68. The third-order valence-electron chi connectivity index (χ3n) is 2.44. The van der Waals surface area contributed by atoms with E-state index >= 15 is 0 Å². The summed E-state index contributed by atoms with van der Waals surface area (Å²) in [4.78, 5) is 11.0. The van der Waals surface area contributed by atoms with Gasteiger partial charge in [-0.3, -0.25) is 9.10 Å². The van der Waals surface area contributed by atoms with Gasteiger partial charge in [-0.25, -0.2) is 8.42 Å². The zero-order valence-corrected chi connectivity index (χ0v) is 13.3. The first-order chi connectivity index (χ1) is 9.43. The van der Waals surface area contributed by atoms with Gasteiger partial charge in [0.1, 0.15) is 10.8 Å². The zero-order valence-electron chi connectivity index (χ0n) is 10.1. The number of thiophene rings is 1. The molecule has 2 rings (SSSR count). The number of para-hydroxylation sites is 1. The molecule has 0 amide bonds. The molecular formula is C12H10BrNO4S2. The Hall–Kier alpha value is -1.38. The van der Waals surface area contributed by atoms with Crippen LogP contribution < -0.4 is 4.31 Å². The largest absolute Gasteiger partial charge is 0.480 e. The van der Waals surface area contributed by atoms with Gasteiger partial charge in [0.25, 0.3) is 10.0 Å². The first kappa shape index (κ1) is 15.0. The Bertz CT molecular complexity index is 713. The van der Waals surface area contributed by atoms with E-state index < -0.39 is 22.5 Å². The number of anilines is 1. The fourth-order valence-electron chi connectivity index (χ4n) is 1.60. The summed E-state index contributed by atoms with van der Waals surface area (Å²) in [5, 5.41) is 10.6. The molecule has 0 saturated heterocycles. The summed E-state index contributed by atoms with van der Waals surface area (Å²) in [6, 6.07) is 9.65. The first-order valence-corrected chi connectivity index (χ1v) is 8.57. The maximum absolute atomic E-state index is 12.5. The highest BCUT2D eigenvalue weighted by molar-refractivity contribution is 9.10. The van der Waals surface area contributed by atoms with Crippen LogP contribution >= 0.6 is 27.3 Å². The Morgan fingerprint density at radius 3 is 2.50 bits per heavy atom. The molecule has 5 nitrogen and oxygen atoms in total. The Morgan fingerprint density at radius 1 is 1.25 bits per heavy atom. The molecule has 0 bridgehead atoms. The summed E-state index contributed by atoms with van der Waals surface area (Å²) in [5.41, 5.74) is 0.295. The van der Waals surface area contributed by atoms with E-state index in [1.807, 2.05) is 0 Å². The average Bonchev–Trinajstić information content (AvgIpc) is 2.91. The Morgan fingerprint density at radius 2 is 1.95 bits per heavy atom. The van der Waals surface area contributed by atoms with Gasteiger partial charge in [0, 0.05) is 4.47 Å². The van der Waals surface area contributed by atoms with Crippen molar-refractivity contribution in [1.29, 1.82) is 0 Å². The van der Waals surface area contributed by atoms with E-state index in [4.69, 9.17) is 5.11 Å². The molecule has 0 saturated carbocycles. The number of carbonyl (C=O) groups is 1. The van der Waals surface area contributed by atoms with Crippen molar-refractivity contribution in [2.45, 2.75) is 4.21 Å². The summed E-state index contributed by atoms with van der Waals surface area (Å²) in [5.74, 6) is -1.22. The van der Waals surface area contributed by atoms with Gasteiger partial charge in [-0.1, -0.05) is 18.2 Å². The number of nitrogens with zero attached hydrogens (tertiary/aromatic N) is 1. The van der Waals surface area contributed by atoms with Crippen molar-refractivity contribution >= 4 is 48.9 Å². The van der Waals surface area contributed by atoms with E-state index in [9.17, 15) is 13.2 Å². The number of rotatable bonds is 5. The highest BCUT2D eigenvalue weighted by atomic mass is 79.9. The van der Waals surface area contributed by atoms with Gasteiger partial charge in [0.15, 0.2) is 0 Å². The molecule has 0 atom stereocenters. The third kappa shape index (κ3) is 3.02. The van der Waals surface area contributed by atoms with Gasteiger partial charge in [-0.15, -0.1) is 11.3 Å². The van der Waals surface area contributed by atoms with E-state index in [0.717, 1.165) is 15.6 Å². The maximum Gasteiger partial charge on any atom is 0.324 e. The smallest absolute Gasteiger partial charge is 0.324 e. The molecule has 0 aliphatic heterocycles. The van der Waals surface area contributed by atoms with Crippen molar-refractivity contribution in [3.05, 3.63) is 46.3 Å². The molecule has 0 unspecified atom stereocenters. The molecule has 20 heavy (non-hydrogen) atoms. The highest BCUT2D eigenvalue weighted by Crippen LogP contribution is 2.31. The van der Waals surface area contributed by atoms with Crippen LogP contribution in [0.25, 0.3) is 0 Å². The van der Waals surface area contributed by atoms with E-state index in [1.165, 1.54) is 6.07 Å². The monoisotopic (exact) mass is 375 g/mol. The van der Waals surface area contributed by atoms with Crippen LogP contribution in [0.4, 0.5) is 5.69 Å². The van der Waals surface area contributed by atoms with Gasteiger partial charge in [0.2, 0.25) is 0 Å². The van der Waals surface area contributed by atoms with E-state index in [-0.39, 0.29) is 4.21 Å². The number of benzene rings is 1. The number of halogens is 1. The van der Waals surface area contributed by atoms with Crippen molar-refractivity contribution in [3.63, 3.8) is 0 Å². The summed E-state index contributed by atoms with van der Waals surface area (Å²) in [6.45, 7) is -0.636. The lowest BCUT2D eigenvalue weighted by Gasteiger charge is -2.22. The number of sulfonamides is 1. The molecule has 0 fully saturated rings. The fourth-order valence-corrected chi connectivity index (χ4v) is 4.75. The van der Waals surface area contributed by atoms with Crippen LogP contribution in [0, 0.1) is 0 Å². The standard InChI is InChI=1S/C12H10BrNO4S2/c13-9-4-1-2-5-10(9)14(8-11(15)16)20(17,18)12-6-3-7-19-12/h1-7H,8H2,(H,15,16). The van der Waals surface area contributed by atoms with Crippen molar-refractivity contribution in [3.8, 4) is 0 Å². The molecule has 1 N–H and O–H groups in total. The fraction of sp³-hybridized carbons (Fsp3) is 0.0833. The average molecular weight is 376 g/mol. The number of hydrogen-bond donors (Lipinski definition) is 1.